The van der Waals surface area contributed by atoms with Crippen molar-refractivity contribution in [2.75, 3.05) is 18.6 Å². The molecule has 1 saturated heterocycles. The van der Waals surface area contributed by atoms with Crippen LogP contribution in [0.2, 0.25) is 0 Å². The van der Waals surface area contributed by atoms with Gasteiger partial charge >= 0.3 is 11.9 Å². The van der Waals surface area contributed by atoms with Crippen LogP contribution >= 0.6 is 11.3 Å². The predicted octanol–water partition coefficient (Wildman–Crippen LogP) is 6.23. The Labute approximate surface area is 253 Å². The first-order valence-electron chi connectivity index (χ1n) is 13.7. The summed E-state index contributed by atoms with van der Waals surface area (Å²) in [7, 11) is 1.26. The molecule has 0 aliphatic carbocycles. The first-order valence-corrected chi connectivity index (χ1v) is 14.5. The van der Waals surface area contributed by atoms with E-state index in [0.29, 0.717) is 41.5 Å². The lowest BCUT2D eigenvalue weighted by molar-refractivity contribution is -0.132. The minimum atomic E-state index is -1.03. The molecule has 3 aromatic carbocycles. The highest BCUT2D eigenvalue weighted by Crippen LogP contribution is 2.44. The van der Waals surface area contributed by atoms with Gasteiger partial charge < -0.3 is 19.3 Å². The number of nitrogens with zero attached hydrogens (tertiary/aromatic N) is 2. The number of amides is 1. The normalized spacial score (nSPS) is 15.9. The molecule has 220 valence electrons. The van der Waals surface area contributed by atoms with E-state index in [2.05, 4.69) is 4.98 Å². The first kappa shape index (κ1) is 29.5. The molecule has 0 spiro atoms. The highest BCUT2D eigenvalue weighted by atomic mass is 32.1. The monoisotopic (exact) mass is 598 g/mol. The number of Topliss-reactive ketones (excluding diaryl/α,β-unsaturated/α-hetero) is 1. The molecule has 1 aromatic heterocycles. The maximum atomic E-state index is 13.6. The lowest BCUT2D eigenvalue weighted by Crippen LogP contribution is -2.29. The van der Waals surface area contributed by atoms with Crippen LogP contribution in [0, 0.1) is 6.92 Å². The molecule has 1 aliphatic rings. The highest BCUT2D eigenvalue weighted by molar-refractivity contribution is 7.17. The topological polar surface area (TPSA) is 115 Å². The molecule has 10 heteroatoms. The van der Waals surface area contributed by atoms with Crippen LogP contribution in [0.3, 0.4) is 0 Å². The maximum Gasteiger partial charge on any atom is 0.350 e. The zero-order valence-electron chi connectivity index (χ0n) is 23.9. The largest absolute Gasteiger partial charge is 0.507 e. The van der Waals surface area contributed by atoms with Gasteiger partial charge in [0.1, 0.15) is 28.7 Å². The van der Waals surface area contributed by atoms with Crippen LogP contribution in [0.5, 0.6) is 11.5 Å². The molecule has 2 heterocycles. The molecule has 1 amide bonds. The first-order chi connectivity index (χ1) is 20.8. The van der Waals surface area contributed by atoms with Gasteiger partial charge in [-0.1, -0.05) is 72.9 Å². The van der Waals surface area contributed by atoms with Crippen molar-refractivity contribution < 1.29 is 33.7 Å². The van der Waals surface area contributed by atoms with Gasteiger partial charge in [-0.15, -0.1) is 0 Å². The van der Waals surface area contributed by atoms with Crippen LogP contribution in [-0.4, -0.2) is 41.5 Å². The second-order valence-electron chi connectivity index (χ2n) is 9.79. The number of methoxy groups -OCH3 is 1. The maximum absolute atomic E-state index is 13.6. The van der Waals surface area contributed by atoms with Gasteiger partial charge in [-0.2, -0.15) is 0 Å². The summed E-state index contributed by atoms with van der Waals surface area (Å²) in [5.74, 6) is -1.59. The van der Waals surface area contributed by atoms with Gasteiger partial charge in [-0.3, -0.25) is 14.5 Å². The van der Waals surface area contributed by atoms with E-state index in [0.717, 1.165) is 23.3 Å². The molecular weight excluding hydrogens is 568 g/mol. The van der Waals surface area contributed by atoms with Gasteiger partial charge in [0.15, 0.2) is 5.13 Å². The number of carbonyl (C=O) groups excluding carboxylic acids is 3. The molecule has 0 radical (unpaired) electrons. The van der Waals surface area contributed by atoms with Gasteiger partial charge in [0.25, 0.3) is 5.78 Å². The van der Waals surface area contributed by atoms with Crippen LogP contribution in [-0.2, 0) is 20.9 Å². The summed E-state index contributed by atoms with van der Waals surface area (Å²) in [5.41, 5.74) is 2.12. The summed E-state index contributed by atoms with van der Waals surface area (Å²) in [6, 6.07) is 22.4. The van der Waals surface area contributed by atoms with E-state index in [1.165, 1.54) is 12.0 Å². The number of ether oxygens (including phenoxy) is 3. The van der Waals surface area contributed by atoms with Gasteiger partial charge in [-0.05, 0) is 48.7 Å². The molecule has 1 atom stereocenters. The molecule has 1 fully saturated rings. The molecule has 1 unspecified atom stereocenters. The Kier molecular flexibility index (Phi) is 8.87. The van der Waals surface area contributed by atoms with Crippen molar-refractivity contribution in [2.45, 2.75) is 32.9 Å². The highest BCUT2D eigenvalue weighted by Gasteiger charge is 2.48. The quantitative estimate of drug-likeness (QED) is 0.0989. The number of ketones is 1. The van der Waals surface area contributed by atoms with E-state index in [1.54, 1.807) is 55.5 Å². The Morgan fingerprint density at radius 2 is 1.72 bits per heavy atom. The standard InChI is InChI=1S/C33H30N2O7S/c1-4-17-41-25-12-8-11-23(18-25)28(36)26-27(22-13-15-24(16-14-22)42-19-21-9-6-5-7-10-21)35(31(38)29(26)37)33-34-20(2)30(43-33)32(39)40-3/h5-16,18,27,36H,4,17,19H2,1-3H3. The number of thiazole rings is 1. The molecule has 4 aromatic rings. The van der Waals surface area contributed by atoms with Crippen LogP contribution in [0.15, 0.2) is 84.4 Å². The summed E-state index contributed by atoms with van der Waals surface area (Å²) in [4.78, 5) is 45.3. The van der Waals surface area contributed by atoms with E-state index in [9.17, 15) is 19.5 Å². The SMILES string of the molecule is CCCOc1cccc(C(O)=C2C(=O)C(=O)N(c3nc(C)c(C(=O)OC)s3)C2c2ccc(OCc3ccccc3)cc2)c1. The Morgan fingerprint density at radius 1 is 0.977 bits per heavy atom. The third-order valence-corrected chi connectivity index (χ3v) is 7.97. The van der Waals surface area contributed by atoms with Crippen molar-refractivity contribution in [1.82, 2.24) is 4.98 Å². The second-order valence-corrected chi connectivity index (χ2v) is 10.8. The number of hydrogen-bond donors (Lipinski definition) is 1. The van der Waals surface area contributed by atoms with E-state index in [-0.39, 0.29) is 21.3 Å². The number of hydrogen-bond acceptors (Lipinski definition) is 9. The number of aliphatic hydroxyl groups is 1. The van der Waals surface area contributed by atoms with Crippen LogP contribution in [0.25, 0.3) is 5.76 Å². The number of aryl methyl sites for hydroxylation is 1. The smallest absolute Gasteiger partial charge is 0.350 e. The van der Waals surface area contributed by atoms with Crippen LogP contribution in [0.4, 0.5) is 5.13 Å². The number of anilines is 1. The van der Waals surface area contributed by atoms with E-state index < -0.39 is 23.7 Å². The van der Waals surface area contributed by atoms with Gasteiger partial charge in [0.2, 0.25) is 0 Å². The summed E-state index contributed by atoms with van der Waals surface area (Å²) in [5, 5.41) is 11.6. The fourth-order valence-electron chi connectivity index (χ4n) is 4.71. The van der Waals surface area contributed by atoms with Crippen molar-refractivity contribution in [1.29, 1.82) is 0 Å². The van der Waals surface area contributed by atoms with Crippen LogP contribution < -0.4 is 14.4 Å². The fraction of sp³-hybridized carbons (Fsp3) is 0.212. The van der Waals surface area contributed by atoms with Crippen LogP contribution in [0.1, 0.15) is 51.4 Å². The Balaban J connectivity index is 1.57. The van der Waals surface area contributed by atoms with E-state index in [4.69, 9.17) is 14.2 Å². The average molecular weight is 599 g/mol. The van der Waals surface area contributed by atoms with Gasteiger partial charge in [0, 0.05) is 5.56 Å². The molecule has 1 aliphatic heterocycles. The average Bonchev–Trinajstić information content (AvgIpc) is 3.55. The van der Waals surface area contributed by atoms with Crippen molar-refractivity contribution in [3.63, 3.8) is 0 Å². The van der Waals surface area contributed by atoms with Crippen molar-refractivity contribution in [3.05, 3.63) is 112 Å². The fourth-order valence-corrected chi connectivity index (χ4v) is 5.72. The molecular formula is C33H30N2O7S. The summed E-state index contributed by atoms with van der Waals surface area (Å²) < 4.78 is 16.5. The van der Waals surface area contributed by atoms with E-state index >= 15 is 0 Å². The minimum Gasteiger partial charge on any atom is -0.507 e. The zero-order chi connectivity index (χ0) is 30.5. The number of carbonyl (C=O) groups is 3. The van der Waals surface area contributed by atoms with Gasteiger partial charge in [0.05, 0.1) is 31.0 Å². The molecule has 0 bridgehead atoms. The van der Waals surface area contributed by atoms with Crippen molar-refractivity contribution >= 4 is 39.9 Å². The lowest BCUT2D eigenvalue weighted by atomic mass is 9.95. The van der Waals surface area contributed by atoms with Gasteiger partial charge in [-0.25, -0.2) is 9.78 Å². The third-order valence-electron chi connectivity index (χ3n) is 6.83. The Bertz CT molecular complexity index is 1680. The lowest BCUT2D eigenvalue weighted by Gasteiger charge is -2.23. The Morgan fingerprint density at radius 3 is 2.42 bits per heavy atom. The Hall–Kier alpha value is -4.96. The third kappa shape index (κ3) is 6.14. The summed E-state index contributed by atoms with van der Waals surface area (Å²) >= 11 is 0.942. The number of esters is 1. The van der Waals surface area contributed by atoms with E-state index in [1.807, 2.05) is 37.3 Å². The molecule has 5 rings (SSSR count). The minimum absolute atomic E-state index is 0.108. The zero-order valence-corrected chi connectivity index (χ0v) is 24.7. The number of rotatable bonds is 10. The number of aliphatic hydroxyl groups excluding tert-OH is 1. The predicted molar refractivity (Wildman–Crippen MR) is 162 cm³/mol. The van der Waals surface area contributed by atoms with Crippen molar-refractivity contribution in [2.24, 2.45) is 0 Å². The molecule has 43 heavy (non-hydrogen) atoms. The summed E-state index contributed by atoms with van der Waals surface area (Å²) in [6.45, 7) is 4.46. The summed E-state index contributed by atoms with van der Waals surface area (Å²) in [6.07, 6.45) is 0.799. The molecule has 0 saturated carbocycles. The number of aromatic nitrogens is 1. The number of benzene rings is 3. The van der Waals surface area contributed by atoms with Crippen molar-refractivity contribution in [3.8, 4) is 11.5 Å². The molecule has 1 N–H and O–H groups in total. The molecule has 9 nitrogen and oxygen atoms in total. The second kappa shape index (κ2) is 12.9.